The first-order valence-corrected chi connectivity index (χ1v) is 10.5. The lowest BCUT2D eigenvalue weighted by atomic mass is 10.0. The summed E-state index contributed by atoms with van der Waals surface area (Å²) in [7, 11) is 0. The molecule has 0 saturated carbocycles. The summed E-state index contributed by atoms with van der Waals surface area (Å²) in [5.41, 5.74) is 3.69. The SMILES string of the molecule is NCCCNCc1c(F)cc(-c2c[nH]c(NC(=O)Nc3ccccc3OC(F)(F)F)nc2=O)cc1F. The van der Waals surface area contributed by atoms with E-state index in [4.69, 9.17) is 5.73 Å². The topological polar surface area (TPSA) is 134 Å². The smallest absolute Gasteiger partial charge is 0.404 e. The van der Waals surface area contributed by atoms with Gasteiger partial charge in [-0.15, -0.1) is 13.2 Å². The number of carbonyl (C=O) groups is 1. The molecular weight excluding hydrogens is 491 g/mol. The van der Waals surface area contributed by atoms with Gasteiger partial charge in [0, 0.05) is 18.3 Å². The highest BCUT2D eigenvalue weighted by molar-refractivity contribution is 5.99. The molecule has 1 heterocycles. The third-order valence-electron chi connectivity index (χ3n) is 4.70. The van der Waals surface area contributed by atoms with Crippen LogP contribution in [-0.2, 0) is 6.54 Å². The van der Waals surface area contributed by atoms with Crippen LogP contribution in [0.3, 0.4) is 0 Å². The van der Waals surface area contributed by atoms with Gasteiger partial charge >= 0.3 is 12.4 Å². The van der Waals surface area contributed by atoms with E-state index in [0.29, 0.717) is 19.5 Å². The fourth-order valence-electron chi connectivity index (χ4n) is 3.08. The van der Waals surface area contributed by atoms with Crippen LogP contribution in [0.1, 0.15) is 12.0 Å². The number of carbonyl (C=O) groups excluding carboxylic acids is 1. The normalized spacial score (nSPS) is 11.3. The van der Waals surface area contributed by atoms with Crippen molar-refractivity contribution in [2.45, 2.75) is 19.3 Å². The summed E-state index contributed by atoms with van der Waals surface area (Å²) in [5, 5.41) is 7.15. The molecule has 0 bridgehead atoms. The van der Waals surface area contributed by atoms with Crippen molar-refractivity contribution in [1.82, 2.24) is 15.3 Å². The zero-order valence-electron chi connectivity index (χ0n) is 18.5. The van der Waals surface area contributed by atoms with Gasteiger partial charge in [0.1, 0.15) is 11.6 Å². The number of amides is 2. The predicted octanol–water partition coefficient (Wildman–Crippen LogP) is 3.70. The van der Waals surface area contributed by atoms with Crippen LogP contribution < -0.4 is 32.0 Å². The van der Waals surface area contributed by atoms with Crippen molar-refractivity contribution in [1.29, 1.82) is 0 Å². The number of halogens is 5. The largest absolute Gasteiger partial charge is 0.573 e. The Kier molecular flexibility index (Phi) is 8.55. The van der Waals surface area contributed by atoms with Crippen molar-refractivity contribution < 1.29 is 31.5 Å². The molecule has 6 N–H and O–H groups in total. The summed E-state index contributed by atoms with van der Waals surface area (Å²) < 4.78 is 70.3. The number of benzene rings is 2. The monoisotopic (exact) mass is 512 g/mol. The third kappa shape index (κ3) is 7.23. The van der Waals surface area contributed by atoms with Crippen molar-refractivity contribution in [2.24, 2.45) is 5.73 Å². The average molecular weight is 512 g/mol. The maximum absolute atomic E-state index is 14.4. The van der Waals surface area contributed by atoms with Gasteiger partial charge in [0.05, 0.1) is 11.3 Å². The van der Waals surface area contributed by atoms with Crippen LogP contribution in [0.15, 0.2) is 47.4 Å². The molecule has 0 saturated heterocycles. The molecule has 14 heteroatoms. The summed E-state index contributed by atoms with van der Waals surface area (Å²) in [4.78, 5) is 30.7. The summed E-state index contributed by atoms with van der Waals surface area (Å²) in [6.07, 6.45) is -3.26. The van der Waals surface area contributed by atoms with E-state index in [-0.39, 0.29) is 34.9 Å². The van der Waals surface area contributed by atoms with Gasteiger partial charge in [-0.05, 0) is 49.3 Å². The number of urea groups is 1. The minimum atomic E-state index is -4.98. The molecule has 0 fully saturated rings. The molecule has 9 nitrogen and oxygen atoms in total. The number of alkyl halides is 3. The Balaban J connectivity index is 1.72. The second-order valence-electron chi connectivity index (χ2n) is 7.33. The highest BCUT2D eigenvalue weighted by Crippen LogP contribution is 2.30. The van der Waals surface area contributed by atoms with E-state index in [1.54, 1.807) is 0 Å². The molecule has 0 spiro atoms. The minimum absolute atomic E-state index is 0.0678. The molecule has 0 aliphatic rings. The van der Waals surface area contributed by atoms with Gasteiger partial charge in [-0.3, -0.25) is 10.1 Å². The molecule has 0 radical (unpaired) electrons. The second kappa shape index (κ2) is 11.6. The molecule has 2 aromatic carbocycles. The van der Waals surface area contributed by atoms with Crippen LogP contribution in [0.2, 0.25) is 0 Å². The molecule has 0 aliphatic heterocycles. The van der Waals surface area contributed by atoms with Gasteiger partial charge in [-0.2, -0.15) is 4.98 Å². The molecule has 3 aromatic rings. The van der Waals surface area contributed by atoms with Crippen molar-refractivity contribution in [3.8, 4) is 16.9 Å². The van der Waals surface area contributed by atoms with Gasteiger partial charge < -0.3 is 26.1 Å². The summed E-state index contributed by atoms with van der Waals surface area (Å²) in [5.74, 6) is -2.76. The van der Waals surface area contributed by atoms with Gasteiger partial charge in [0.15, 0.2) is 5.75 Å². The highest BCUT2D eigenvalue weighted by Gasteiger charge is 2.32. The first kappa shape index (κ1) is 26.6. The average Bonchev–Trinajstić information content (AvgIpc) is 2.78. The van der Waals surface area contributed by atoms with E-state index < -0.39 is 35.3 Å². The second-order valence-corrected chi connectivity index (χ2v) is 7.33. The molecule has 2 amide bonds. The molecule has 3 rings (SSSR count). The maximum Gasteiger partial charge on any atom is 0.573 e. The number of nitrogens with one attached hydrogen (secondary N) is 4. The molecule has 1 aromatic heterocycles. The lowest BCUT2D eigenvalue weighted by molar-refractivity contribution is -0.274. The van der Waals surface area contributed by atoms with E-state index in [1.807, 2.05) is 0 Å². The lowest BCUT2D eigenvalue weighted by Gasteiger charge is -2.14. The summed E-state index contributed by atoms with van der Waals surface area (Å²) in [6.45, 7) is 0.838. The zero-order chi connectivity index (χ0) is 26.3. The van der Waals surface area contributed by atoms with E-state index in [1.165, 1.54) is 18.2 Å². The number of nitrogens with two attached hydrogens (primary N) is 1. The highest BCUT2D eigenvalue weighted by atomic mass is 19.4. The van der Waals surface area contributed by atoms with Gasteiger partial charge in [0.25, 0.3) is 5.56 Å². The van der Waals surface area contributed by atoms with Crippen LogP contribution in [-0.4, -0.2) is 35.5 Å². The Morgan fingerprint density at radius 3 is 2.44 bits per heavy atom. The number of hydrogen-bond donors (Lipinski definition) is 5. The molecule has 36 heavy (non-hydrogen) atoms. The Morgan fingerprint density at radius 1 is 1.11 bits per heavy atom. The maximum atomic E-state index is 14.4. The van der Waals surface area contributed by atoms with E-state index in [0.717, 1.165) is 24.4 Å². The number of nitrogens with zero attached hydrogens (tertiary/aromatic N) is 1. The fourth-order valence-corrected chi connectivity index (χ4v) is 3.08. The first-order chi connectivity index (χ1) is 17.1. The third-order valence-corrected chi connectivity index (χ3v) is 4.70. The van der Waals surface area contributed by atoms with Crippen molar-refractivity contribution >= 4 is 17.7 Å². The van der Waals surface area contributed by atoms with Gasteiger partial charge in [0.2, 0.25) is 5.95 Å². The molecular formula is C22H21F5N6O3. The Morgan fingerprint density at radius 2 is 1.81 bits per heavy atom. The number of anilines is 2. The molecule has 0 unspecified atom stereocenters. The number of ether oxygens (including phenoxy) is 1. The number of rotatable bonds is 9. The quantitative estimate of drug-likeness (QED) is 0.219. The number of hydrogen-bond acceptors (Lipinski definition) is 6. The Labute approximate surface area is 200 Å². The lowest BCUT2D eigenvalue weighted by Crippen LogP contribution is -2.24. The van der Waals surface area contributed by atoms with E-state index in [2.05, 4.69) is 30.7 Å². The first-order valence-electron chi connectivity index (χ1n) is 10.5. The van der Waals surface area contributed by atoms with Gasteiger partial charge in [-0.1, -0.05) is 12.1 Å². The van der Waals surface area contributed by atoms with Crippen LogP contribution >= 0.6 is 0 Å². The predicted molar refractivity (Wildman–Crippen MR) is 121 cm³/mol. The van der Waals surface area contributed by atoms with Crippen molar-refractivity contribution in [3.63, 3.8) is 0 Å². The molecule has 0 atom stereocenters. The number of aromatic nitrogens is 2. The van der Waals surface area contributed by atoms with Crippen LogP contribution in [0, 0.1) is 11.6 Å². The fraction of sp³-hybridized carbons (Fsp3) is 0.227. The van der Waals surface area contributed by atoms with Crippen molar-refractivity contribution in [2.75, 3.05) is 23.7 Å². The van der Waals surface area contributed by atoms with Crippen LogP contribution in [0.5, 0.6) is 5.75 Å². The zero-order valence-corrected chi connectivity index (χ0v) is 18.5. The number of aromatic amines is 1. The van der Waals surface area contributed by atoms with Crippen LogP contribution in [0.25, 0.3) is 11.1 Å². The Hall–Kier alpha value is -4.04. The summed E-state index contributed by atoms with van der Waals surface area (Å²) >= 11 is 0. The van der Waals surface area contributed by atoms with Crippen LogP contribution in [0.4, 0.5) is 38.4 Å². The Bertz CT molecular complexity index is 1260. The van der Waals surface area contributed by atoms with E-state index in [9.17, 15) is 31.5 Å². The molecule has 0 aliphatic carbocycles. The van der Waals surface area contributed by atoms with Gasteiger partial charge in [-0.25, -0.2) is 13.6 Å². The summed E-state index contributed by atoms with van der Waals surface area (Å²) in [6, 6.07) is 5.73. The molecule has 192 valence electrons. The number of H-pyrrole nitrogens is 1. The number of para-hydroxylation sites is 2. The minimum Gasteiger partial charge on any atom is -0.404 e. The van der Waals surface area contributed by atoms with E-state index >= 15 is 0 Å². The standard InChI is InChI=1S/C22H21F5N6O3/c23-15-8-12(9-16(24)14(15)10-29-7-3-6-28)13-11-30-20(32-19(13)34)33-21(35)31-17-4-1-2-5-18(17)36-22(25,26)27/h1-2,4-5,8-9,11,29H,3,6-7,10,28H2,(H3,30,31,32,33,34,35). The van der Waals surface area contributed by atoms with Crippen molar-refractivity contribution in [3.05, 3.63) is 70.1 Å².